The Morgan fingerprint density at radius 1 is 1.19 bits per heavy atom. The topological polar surface area (TPSA) is 86.1 Å². The Morgan fingerprint density at radius 3 is 2.75 bits per heavy atom. The van der Waals surface area contributed by atoms with E-state index in [1.54, 1.807) is 31.2 Å². The molecule has 1 aromatic carbocycles. The maximum Gasteiger partial charge on any atom is 0.281 e. The molecule has 0 bridgehead atoms. The van der Waals surface area contributed by atoms with Gasteiger partial charge >= 0.3 is 0 Å². The van der Waals surface area contributed by atoms with Crippen LogP contribution in [0.2, 0.25) is 0 Å². The van der Waals surface area contributed by atoms with E-state index >= 15 is 0 Å². The van der Waals surface area contributed by atoms with Gasteiger partial charge in [0.1, 0.15) is 11.5 Å². The number of aromatic nitrogens is 3. The predicted octanol–water partition coefficient (Wildman–Crippen LogP) is 4.29. The molecule has 8 heteroatoms. The Labute approximate surface area is 185 Å². The van der Waals surface area contributed by atoms with Crippen molar-refractivity contribution in [2.75, 3.05) is 11.9 Å². The van der Waals surface area contributed by atoms with Crippen LogP contribution in [0.25, 0.3) is 5.69 Å². The van der Waals surface area contributed by atoms with Gasteiger partial charge in [0.15, 0.2) is 17.3 Å². The van der Waals surface area contributed by atoms with Crippen LogP contribution < -0.4 is 15.5 Å². The molecule has 3 aromatic rings. The number of halogens is 1. The van der Waals surface area contributed by atoms with Crippen LogP contribution in [0.3, 0.4) is 0 Å². The highest BCUT2D eigenvalue weighted by Crippen LogP contribution is 2.27. The molecule has 0 radical (unpaired) electrons. The normalized spacial score (nSPS) is 14.2. The van der Waals surface area contributed by atoms with Crippen molar-refractivity contribution < 1.29 is 13.9 Å². The van der Waals surface area contributed by atoms with Crippen molar-refractivity contribution in [2.45, 2.75) is 39.0 Å². The van der Waals surface area contributed by atoms with Gasteiger partial charge in [-0.3, -0.25) is 9.59 Å². The second-order valence-corrected chi connectivity index (χ2v) is 7.98. The highest BCUT2D eigenvalue weighted by molar-refractivity contribution is 6.02. The summed E-state index contributed by atoms with van der Waals surface area (Å²) in [6.07, 6.45) is 7.47. The van der Waals surface area contributed by atoms with E-state index in [1.165, 1.54) is 48.3 Å². The summed E-state index contributed by atoms with van der Waals surface area (Å²) < 4.78 is 21.4. The highest BCUT2D eigenvalue weighted by atomic mass is 19.1. The molecular formula is C24H25FN4O3. The van der Waals surface area contributed by atoms with Crippen molar-refractivity contribution in [2.24, 2.45) is 5.92 Å². The molecular weight excluding hydrogens is 411 g/mol. The first-order valence-corrected chi connectivity index (χ1v) is 10.8. The van der Waals surface area contributed by atoms with Crippen LogP contribution in [0.5, 0.6) is 5.75 Å². The van der Waals surface area contributed by atoms with E-state index in [2.05, 4.69) is 15.4 Å². The first-order chi connectivity index (χ1) is 15.5. The first-order valence-electron chi connectivity index (χ1n) is 10.8. The molecule has 1 aliphatic rings. The highest BCUT2D eigenvalue weighted by Gasteiger charge is 2.20. The van der Waals surface area contributed by atoms with Crippen LogP contribution in [0.1, 0.15) is 48.3 Å². The fraction of sp³-hybridized carbons (Fsp3) is 0.333. The van der Waals surface area contributed by atoms with E-state index in [4.69, 9.17) is 4.74 Å². The number of aryl methyl sites for hydroxylation is 1. The smallest absolute Gasteiger partial charge is 0.281 e. The van der Waals surface area contributed by atoms with Gasteiger partial charge in [0.05, 0.1) is 6.61 Å². The van der Waals surface area contributed by atoms with Gasteiger partial charge in [0.2, 0.25) is 5.43 Å². The average Bonchev–Trinajstić information content (AvgIpc) is 2.80. The molecule has 0 saturated heterocycles. The van der Waals surface area contributed by atoms with E-state index in [9.17, 15) is 14.0 Å². The van der Waals surface area contributed by atoms with E-state index < -0.39 is 17.2 Å². The van der Waals surface area contributed by atoms with Crippen molar-refractivity contribution in [3.05, 3.63) is 76.1 Å². The third-order valence-electron chi connectivity index (χ3n) is 5.61. The zero-order chi connectivity index (χ0) is 22.5. The Balaban J connectivity index is 1.56. The van der Waals surface area contributed by atoms with Crippen molar-refractivity contribution in [1.82, 2.24) is 14.8 Å². The van der Waals surface area contributed by atoms with Crippen molar-refractivity contribution in [3.63, 3.8) is 0 Å². The van der Waals surface area contributed by atoms with Gasteiger partial charge in [-0.25, -0.2) is 14.1 Å². The second kappa shape index (κ2) is 9.72. The number of nitrogens with zero attached hydrogens (tertiary/aromatic N) is 3. The summed E-state index contributed by atoms with van der Waals surface area (Å²) in [6.45, 7) is 2.18. The van der Waals surface area contributed by atoms with Crippen LogP contribution in [0.15, 0.2) is 53.5 Å². The van der Waals surface area contributed by atoms with Gasteiger partial charge in [-0.2, -0.15) is 5.10 Å². The van der Waals surface area contributed by atoms with E-state index in [0.717, 1.165) is 12.8 Å². The summed E-state index contributed by atoms with van der Waals surface area (Å²) in [6, 6.07) is 10.7. The molecule has 4 rings (SSSR count). The molecule has 1 amide bonds. The quantitative estimate of drug-likeness (QED) is 0.623. The molecule has 1 aliphatic carbocycles. The Hall–Kier alpha value is -3.55. The Morgan fingerprint density at radius 2 is 1.97 bits per heavy atom. The lowest BCUT2D eigenvalue weighted by atomic mass is 9.90. The number of hydrogen-bond donors (Lipinski definition) is 1. The summed E-state index contributed by atoms with van der Waals surface area (Å²) in [5, 5.41) is 6.76. The molecule has 7 nitrogen and oxygen atoms in total. The number of amides is 1. The van der Waals surface area contributed by atoms with Crippen LogP contribution >= 0.6 is 0 Å². The molecule has 0 atom stereocenters. The SMILES string of the molecule is Cc1cc(=O)c(C(=O)Nc2ncccc2OCC2CCCCC2)nn1-c1ccccc1F. The largest absolute Gasteiger partial charge is 0.489 e. The Bertz CT molecular complexity index is 1170. The van der Waals surface area contributed by atoms with Crippen molar-refractivity contribution in [3.8, 4) is 11.4 Å². The second-order valence-electron chi connectivity index (χ2n) is 7.98. The molecule has 0 spiro atoms. The lowest BCUT2D eigenvalue weighted by Crippen LogP contribution is -2.27. The van der Waals surface area contributed by atoms with E-state index in [0.29, 0.717) is 24.0 Å². The minimum atomic E-state index is -0.735. The summed E-state index contributed by atoms with van der Waals surface area (Å²) in [5.74, 6) is -0.109. The number of carbonyl (C=O) groups excluding carboxylic acids is 1. The van der Waals surface area contributed by atoms with Crippen molar-refractivity contribution in [1.29, 1.82) is 0 Å². The third kappa shape index (κ3) is 4.85. The fourth-order valence-electron chi connectivity index (χ4n) is 3.90. The van der Waals surface area contributed by atoms with Gasteiger partial charge < -0.3 is 10.1 Å². The number of carbonyl (C=O) groups is 1. The summed E-state index contributed by atoms with van der Waals surface area (Å²) in [7, 11) is 0. The van der Waals surface area contributed by atoms with Gasteiger partial charge in [-0.15, -0.1) is 0 Å². The number of para-hydroxylation sites is 1. The monoisotopic (exact) mass is 436 g/mol. The molecule has 1 fully saturated rings. The molecule has 2 heterocycles. The number of anilines is 1. The first kappa shape index (κ1) is 21.7. The van der Waals surface area contributed by atoms with Gasteiger partial charge in [0.25, 0.3) is 5.91 Å². The minimum Gasteiger partial charge on any atom is -0.489 e. The summed E-state index contributed by atoms with van der Waals surface area (Å²) in [5.41, 5.74) is -0.365. The minimum absolute atomic E-state index is 0.147. The lowest BCUT2D eigenvalue weighted by Gasteiger charge is -2.22. The fourth-order valence-corrected chi connectivity index (χ4v) is 3.90. The third-order valence-corrected chi connectivity index (χ3v) is 5.61. The molecule has 2 aromatic heterocycles. The number of hydrogen-bond acceptors (Lipinski definition) is 5. The zero-order valence-electron chi connectivity index (χ0n) is 17.9. The van der Waals surface area contributed by atoms with Crippen LogP contribution in [0.4, 0.5) is 10.2 Å². The van der Waals surface area contributed by atoms with Crippen molar-refractivity contribution >= 4 is 11.7 Å². The number of pyridine rings is 1. The molecule has 1 N–H and O–H groups in total. The maximum absolute atomic E-state index is 14.3. The summed E-state index contributed by atoms with van der Waals surface area (Å²) >= 11 is 0. The molecule has 32 heavy (non-hydrogen) atoms. The lowest BCUT2D eigenvalue weighted by molar-refractivity contribution is 0.101. The predicted molar refractivity (Wildman–Crippen MR) is 119 cm³/mol. The standard InChI is InChI=1S/C24H25FN4O3/c1-16-14-20(30)22(28-29(16)19-11-6-5-10-18(19)25)24(31)27-23-21(12-7-13-26-23)32-15-17-8-3-2-4-9-17/h5-7,10-14,17H,2-4,8-9,15H2,1H3,(H,26,27,31). The number of nitrogens with one attached hydrogen (secondary N) is 1. The molecule has 0 unspecified atom stereocenters. The maximum atomic E-state index is 14.3. The number of benzene rings is 1. The molecule has 1 saturated carbocycles. The molecule has 166 valence electrons. The van der Waals surface area contributed by atoms with Gasteiger partial charge in [-0.05, 0) is 49.9 Å². The number of rotatable bonds is 6. The Kier molecular flexibility index (Phi) is 6.58. The number of ether oxygens (including phenoxy) is 1. The summed E-state index contributed by atoms with van der Waals surface area (Å²) in [4.78, 5) is 29.6. The zero-order valence-corrected chi connectivity index (χ0v) is 17.9. The van der Waals surface area contributed by atoms with E-state index in [-0.39, 0.29) is 17.2 Å². The molecule has 0 aliphatic heterocycles. The van der Waals surface area contributed by atoms with Gasteiger partial charge in [0, 0.05) is 18.0 Å². The van der Waals surface area contributed by atoms with E-state index in [1.807, 2.05) is 0 Å². The van der Waals surface area contributed by atoms with Gasteiger partial charge in [-0.1, -0.05) is 31.4 Å². The van der Waals surface area contributed by atoms with Crippen LogP contribution in [-0.4, -0.2) is 27.3 Å². The average molecular weight is 436 g/mol. The van der Waals surface area contributed by atoms with Crippen LogP contribution in [0, 0.1) is 18.7 Å². The van der Waals surface area contributed by atoms with Crippen LogP contribution in [-0.2, 0) is 0 Å².